The van der Waals surface area contributed by atoms with Crippen LogP contribution in [0.4, 0.5) is 5.69 Å². The quantitative estimate of drug-likeness (QED) is 0.880. The van der Waals surface area contributed by atoms with Crippen molar-refractivity contribution in [2.45, 2.75) is 25.8 Å². The van der Waals surface area contributed by atoms with E-state index in [1.807, 2.05) is 6.07 Å². The largest absolute Gasteiger partial charge is 0.325 e. The van der Waals surface area contributed by atoms with Gasteiger partial charge in [-0.25, -0.2) is 0 Å². The molecule has 1 saturated heterocycles. The Balaban J connectivity index is 2.08. The van der Waals surface area contributed by atoms with Crippen molar-refractivity contribution < 1.29 is 4.79 Å². The number of benzene rings is 1. The molecule has 0 bridgehead atoms. The van der Waals surface area contributed by atoms with Crippen molar-refractivity contribution in [3.8, 4) is 6.07 Å². The van der Waals surface area contributed by atoms with Gasteiger partial charge < -0.3 is 10.6 Å². The van der Waals surface area contributed by atoms with Crippen LogP contribution in [0.2, 0.25) is 0 Å². The van der Waals surface area contributed by atoms with Crippen molar-refractivity contribution in [3.63, 3.8) is 0 Å². The Bertz CT molecular complexity index is 524. The molecule has 0 aromatic heterocycles. The molecule has 2 unspecified atom stereocenters. The lowest BCUT2D eigenvalue weighted by Crippen LogP contribution is -2.40. The summed E-state index contributed by atoms with van der Waals surface area (Å²) in [5.74, 6) is 0.0265. The Morgan fingerprint density at radius 2 is 2.37 bits per heavy atom. The molecule has 1 aromatic rings. The third-order valence-electron chi connectivity index (χ3n) is 3.35. The van der Waals surface area contributed by atoms with Crippen molar-refractivity contribution in [1.82, 2.24) is 5.32 Å². The van der Waals surface area contributed by atoms with Gasteiger partial charge in [0.25, 0.3) is 0 Å². The molecule has 1 heterocycles. The third-order valence-corrected chi connectivity index (χ3v) is 3.85. The highest BCUT2D eigenvalue weighted by atomic mass is 79.9. The lowest BCUT2D eigenvalue weighted by Gasteiger charge is -2.27. The minimum atomic E-state index is 0.00664. The standard InChI is InChI=1S/C14H16BrN3O/c1-9-6-10(4-5-17-9)14(19)18-13-3-2-12(15)7-11(13)8-16/h2-3,7,9-10,17H,4-6H2,1H3,(H,18,19). The molecule has 5 heteroatoms. The van der Waals surface area contributed by atoms with Crippen LogP contribution in [0.1, 0.15) is 25.3 Å². The van der Waals surface area contributed by atoms with Gasteiger partial charge in [-0.2, -0.15) is 5.26 Å². The number of nitrogens with zero attached hydrogens (tertiary/aromatic N) is 1. The zero-order valence-corrected chi connectivity index (χ0v) is 12.3. The van der Waals surface area contributed by atoms with Crippen molar-refractivity contribution in [2.24, 2.45) is 5.92 Å². The Labute approximate surface area is 121 Å². The molecule has 0 aliphatic carbocycles. The summed E-state index contributed by atoms with van der Waals surface area (Å²) in [6, 6.07) is 7.75. The zero-order valence-electron chi connectivity index (χ0n) is 10.7. The van der Waals surface area contributed by atoms with Crippen molar-refractivity contribution in [2.75, 3.05) is 11.9 Å². The highest BCUT2D eigenvalue weighted by Crippen LogP contribution is 2.23. The van der Waals surface area contributed by atoms with E-state index in [0.29, 0.717) is 17.3 Å². The highest BCUT2D eigenvalue weighted by Gasteiger charge is 2.25. The maximum Gasteiger partial charge on any atom is 0.227 e. The number of nitriles is 1. The van der Waals surface area contributed by atoms with Crippen LogP contribution >= 0.6 is 15.9 Å². The second-order valence-corrected chi connectivity index (χ2v) is 5.78. The summed E-state index contributed by atoms with van der Waals surface area (Å²) >= 11 is 3.32. The first kappa shape index (κ1) is 14.0. The van der Waals surface area contributed by atoms with Gasteiger partial charge in [0.15, 0.2) is 0 Å². The van der Waals surface area contributed by atoms with E-state index in [0.717, 1.165) is 23.9 Å². The molecule has 1 fully saturated rings. The summed E-state index contributed by atoms with van der Waals surface area (Å²) in [6.45, 7) is 2.95. The zero-order chi connectivity index (χ0) is 13.8. The van der Waals surface area contributed by atoms with Gasteiger partial charge in [-0.05, 0) is 44.5 Å². The molecular weight excluding hydrogens is 306 g/mol. The van der Waals surface area contributed by atoms with E-state index < -0.39 is 0 Å². The fourth-order valence-electron chi connectivity index (χ4n) is 2.32. The van der Waals surface area contributed by atoms with E-state index in [4.69, 9.17) is 5.26 Å². The van der Waals surface area contributed by atoms with Gasteiger partial charge >= 0.3 is 0 Å². The van der Waals surface area contributed by atoms with Crippen LogP contribution < -0.4 is 10.6 Å². The maximum absolute atomic E-state index is 12.2. The Kier molecular flexibility index (Phi) is 4.56. The molecular formula is C14H16BrN3O. The first-order chi connectivity index (χ1) is 9.10. The van der Waals surface area contributed by atoms with E-state index >= 15 is 0 Å². The second-order valence-electron chi connectivity index (χ2n) is 4.87. The molecule has 1 aliphatic rings. The molecule has 0 saturated carbocycles. The van der Waals surface area contributed by atoms with Gasteiger partial charge in [0.1, 0.15) is 6.07 Å². The van der Waals surface area contributed by atoms with Gasteiger partial charge in [0.2, 0.25) is 5.91 Å². The molecule has 0 spiro atoms. The van der Waals surface area contributed by atoms with E-state index in [-0.39, 0.29) is 11.8 Å². The summed E-state index contributed by atoms with van der Waals surface area (Å²) in [5.41, 5.74) is 1.06. The number of piperidine rings is 1. The number of anilines is 1. The first-order valence-corrected chi connectivity index (χ1v) is 7.13. The number of carbonyl (C=O) groups excluding carboxylic acids is 1. The van der Waals surface area contributed by atoms with Crippen molar-refractivity contribution >= 4 is 27.5 Å². The lowest BCUT2D eigenvalue weighted by molar-refractivity contribution is -0.120. The van der Waals surface area contributed by atoms with Crippen molar-refractivity contribution in [3.05, 3.63) is 28.2 Å². The second kappa shape index (κ2) is 6.18. The number of halogens is 1. The van der Waals surface area contributed by atoms with Gasteiger partial charge in [0.05, 0.1) is 11.3 Å². The molecule has 2 N–H and O–H groups in total. The van der Waals surface area contributed by atoms with Crippen LogP contribution in [-0.2, 0) is 4.79 Å². The Morgan fingerprint density at radius 3 is 3.05 bits per heavy atom. The molecule has 100 valence electrons. The minimum absolute atomic E-state index is 0.00664. The van der Waals surface area contributed by atoms with E-state index in [9.17, 15) is 4.79 Å². The van der Waals surface area contributed by atoms with Gasteiger partial charge in [-0.3, -0.25) is 4.79 Å². The number of hydrogen-bond acceptors (Lipinski definition) is 3. The number of carbonyl (C=O) groups is 1. The molecule has 2 atom stereocenters. The minimum Gasteiger partial charge on any atom is -0.325 e. The third kappa shape index (κ3) is 3.55. The number of rotatable bonds is 2. The molecule has 19 heavy (non-hydrogen) atoms. The maximum atomic E-state index is 12.2. The highest BCUT2D eigenvalue weighted by molar-refractivity contribution is 9.10. The van der Waals surface area contributed by atoms with Crippen molar-refractivity contribution in [1.29, 1.82) is 5.26 Å². The summed E-state index contributed by atoms with van der Waals surface area (Å²) in [6.07, 6.45) is 1.68. The van der Waals surface area contributed by atoms with E-state index in [2.05, 4.69) is 39.6 Å². The molecule has 0 radical (unpaired) electrons. The summed E-state index contributed by atoms with van der Waals surface area (Å²) < 4.78 is 0.831. The van der Waals surface area contributed by atoms with E-state index in [1.54, 1.807) is 12.1 Å². The molecule has 2 rings (SSSR count). The van der Waals surface area contributed by atoms with Gasteiger partial charge in [-0.1, -0.05) is 15.9 Å². The fraction of sp³-hybridized carbons (Fsp3) is 0.429. The van der Waals surface area contributed by atoms with Crippen LogP contribution in [0.15, 0.2) is 22.7 Å². The fourth-order valence-corrected chi connectivity index (χ4v) is 2.68. The van der Waals surface area contributed by atoms with Crippen LogP contribution in [0.25, 0.3) is 0 Å². The topological polar surface area (TPSA) is 64.9 Å². The number of hydrogen-bond donors (Lipinski definition) is 2. The molecule has 1 aliphatic heterocycles. The van der Waals surface area contributed by atoms with Crippen LogP contribution in [-0.4, -0.2) is 18.5 Å². The molecule has 1 amide bonds. The monoisotopic (exact) mass is 321 g/mol. The number of nitrogens with one attached hydrogen (secondary N) is 2. The smallest absolute Gasteiger partial charge is 0.227 e. The molecule has 1 aromatic carbocycles. The Morgan fingerprint density at radius 1 is 1.58 bits per heavy atom. The summed E-state index contributed by atoms with van der Waals surface area (Å²) in [4.78, 5) is 12.2. The van der Waals surface area contributed by atoms with Crippen LogP contribution in [0.3, 0.4) is 0 Å². The van der Waals surface area contributed by atoms with E-state index in [1.165, 1.54) is 0 Å². The van der Waals surface area contributed by atoms with Crippen LogP contribution in [0.5, 0.6) is 0 Å². The predicted molar refractivity (Wildman–Crippen MR) is 77.7 cm³/mol. The van der Waals surface area contributed by atoms with Gasteiger partial charge in [-0.15, -0.1) is 0 Å². The lowest BCUT2D eigenvalue weighted by atomic mass is 9.92. The Hall–Kier alpha value is -1.38. The summed E-state index contributed by atoms with van der Waals surface area (Å²) in [5, 5.41) is 15.3. The first-order valence-electron chi connectivity index (χ1n) is 6.34. The average Bonchev–Trinajstić information content (AvgIpc) is 2.40. The van der Waals surface area contributed by atoms with Gasteiger partial charge in [0, 0.05) is 16.4 Å². The summed E-state index contributed by atoms with van der Waals surface area (Å²) in [7, 11) is 0. The number of amides is 1. The van der Waals surface area contributed by atoms with Crippen LogP contribution in [0, 0.1) is 17.2 Å². The normalized spacial score (nSPS) is 22.6. The predicted octanol–water partition coefficient (Wildman–Crippen LogP) is 2.65. The SMILES string of the molecule is CC1CC(C(=O)Nc2ccc(Br)cc2C#N)CCN1. The molecule has 4 nitrogen and oxygen atoms in total. The average molecular weight is 322 g/mol.